The van der Waals surface area contributed by atoms with Crippen LogP contribution in [0.2, 0.25) is 0 Å². The second-order valence-electron chi connectivity index (χ2n) is 7.73. The third kappa shape index (κ3) is 3.79. The lowest BCUT2D eigenvalue weighted by molar-refractivity contribution is -0.272. The van der Waals surface area contributed by atoms with E-state index in [-0.39, 0.29) is 6.54 Å². The molecule has 0 radical (unpaired) electrons. The molecule has 1 aromatic heterocycles. The monoisotopic (exact) mass is 387 g/mol. The number of halogens is 3. The highest BCUT2D eigenvalue weighted by Crippen LogP contribution is 2.48. The molecule has 9 heteroatoms. The summed E-state index contributed by atoms with van der Waals surface area (Å²) in [6.07, 6.45) is 2.04. The number of imidazole rings is 1. The number of hydrogen-bond acceptors (Lipinski definition) is 3. The van der Waals surface area contributed by atoms with Crippen molar-refractivity contribution in [1.82, 2.24) is 19.8 Å². The summed E-state index contributed by atoms with van der Waals surface area (Å²) in [5, 5.41) is 13.6. The number of aryl methyl sites for hydroxylation is 1. The molecule has 6 nitrogen and oxygen atoms in total. The fraction of sp³-hybridized carbons (Fsp3) is 0.778. The van der Waals surface area contributed by atoms with Crippen molar-refractivity contribution in [2.45, 2.75) is 50.8 Å². The lowest BCUT2D eigenvalue weighted by Crippen LogP contribution is -2.45. The topological polar surface area (TPSA) is 65.7 Å². The first-order valence-electron chi connectivity index (χ1n) is 9.51. The highest BCUT2D eigenvalue weighted by molar-refractivity contribution is 5.80. The number of nitrogens with one attached hydrogen (secondary N) is 1. The lowest BCUT2D eigenvalue weighted by atomic mass is 9.68. The number of aromatic nitrogens is 2. The Hall–Kier alpha value is -1.77. The summed E-state index contributed by atoms with van der Waals surface area (Å²) < 4.78 is 42.0. The summed E-state index contributed by atoms with van der Waals surface area (Å²) in [7, 11) is 1.44. The fourth-order valence-corrected chi connectivity index (χ4v) is 4.09. The summed E-state index contributed by atoms with van der Waals surface area (Å²) in [6.45, 7) is 4.21. The number of aliphatic imine (C=N–C) groups is 1. The Bertz CT molecular complexity index is 683. The van der Waals surface area contributed by atoms with E-state index in [4.69, 9.17) is 0 Å². The number of guanidine groups is 1. The van der Waals surface area contributed by atoms with Crippen LogP contribution in [0.4, 0.5) is 13.2 Å². The molecular weight excluding hydrogens is 359 g/mol. The maximum Gasteiger partial charge on any atom is 0.424 e. The molecule has 1 saturated carbocycles. The highest BCUT2D eigenvalue weighted by atomic mass is 19.4. The first kappa shape index (κ1) is 20.0. The van der Waals surface area contributed by atoms with Gasteiger partial charge in [0.2, 0.25) is 5.60 Å². The third-order valence-corrected chi connectivity index (χ3v) is 5.88. The van der Waals surface area contributed by atoms with Crippen LogP contribution in [0.15, 0.2) is 17.4 Å². The van der Waals surface area contributed by atoms with Gasteiger partial charge in [-0.1, -0.05) is 6.42 Å². The van der Waals surface area contributed by atoms with Crippen LogP contribution in [-0.4, -0.2) is 57.9 Å². The van der Waals surface area contributed by atoms with Crippen LogP contribution >= 0.6 is 0 Å². The molecule has 0 bridgehead atoms. The van der Waals surface area contributed by atoms with Gasteiger partial charge in [-0.15, -0.1) is 0 Å². The van der Waals surface area contributed by atoms with Crippen molar-refractivity contribution in [2.75, 3.05) is 26.2 Å². The van der Waals surface area contributed by atoms with Crippen LogP contribution in [-0.2, 0) is 12.6 Å². The van der Waals surface area contributed by atoms with Gasteiger partial charge in [-0.3, -0.25) is 4.99 Å². The molecule has 0 aromatic carbocycles. The standard InChI is InChI=1S/C18H28F3N5O/c1-3-22-15(26-11-8-16(13-26)5-4-6-16)24-9-7-17(27,18(19,20)21)14-23-10-12-25(14)2/h10,12,27H,3-9,11,13H2,1-2H3,(H,22,24). The summed E-state index contributed by atoms with van der Waals surface area (Å²) in [6, 6.07) is 0. The van der Waals surface area contributed by atoms with Gasteiger partial charge in [0.05, 0.1) is 0 Å². The summed E-state index contributed by atoms with van der Waals surface area (Å²) in [5.74, 6) is 0.218. The molecule has 0 amide bonds. The van der Waals surface area contributed by atoms with Crippen molar-refractivity contribution in [3.05, 3.63) is 18.2 Å². The zero-order valence-electron chi connectivity index (χ0n) is 15.9. The fourth-order valence-electron chi connectivity index (χ4n) is 4.09. The maximum absolute atomic E-state index is 13.6. The number of alkyl halides is 3. The Kier molecular flexibility index (Phi) is 5.42. The van der Waals surface area contributed by atoms with Crippen LogP contribution < -0.4 is 5.32 Å². The van der Waals surface area contributed by atoms with Gasteiger partial charge in [0.15, 0.2) is 5.96 Å². The van der Waals surface area contributed by atoms with E-state index in [9.17, 15) is 18.3 Å². The second kappa shape index (κ2) is 7.33. The molecule has 2 aliphatic rings. The van der Waals surface area contributed by atoms with E-state index >= 15 is 0 Å². The van der Waals surface area contributed by atoms with Crippen LogP contribution in [0.1, 0.15) is 44.9 Å². The van der Waals surface area contributed by atoms with Crippen molar-refractivity contribution in [2.24, 2.45) is 17.5 Å². The minimum Gasteiger partial charge on any atom is -0.374 e. The normalized spacial score (nSPS) is 22.0. The molecule has 1 aliphatic carbocycles. The molecule has 1 unspecified atom stereocenters. The Morgan fingerprint density at radius 2 is 2.11 bits per heavy atom. The molecular formula is C18H28F3N5O. The van der Waals surface area contributed by atoms with Gasteiger partial charge in [-0.25, -0.2) is 4.98 Å². The van der Waals surface area contributed by atoms with E-state index in [0.717, 1.165) is 19.5 Å². The Morgan fingerprint density at radius 3 is 2.59 bits per heavy atom. The lowest BCUT2D eigenvalue weighted by Gasteiger charge is -2.38. The Labute approximate surface area is 157 Å². The zero-order chi connectivity index (χ0) is 19.7. The largest absolute Gasteiger partial charge is 0.424 e. The number of nitrogens with zero attached hydrogens (tertiary/aromatic N) is 4. The number of aliphatic hydroxyl groups is 1. The molecule has 1 spiro atoms. The molecule has 1 atom stereocenters. The quantitative estimate of drug-likeness (QED) is 0.602. The number of likely N-dealkylation sites (tertiary alicyclic amines) is 1. The molecule has 1 saturated heterocycles. The summed E-state index contributed by atoms with van der Waals surface area (Å²) in [4.78, 5) is 10.2. The number of rotatable bonds is 5. The van der Waals surface area contributed by atoms with Gasteiger partial charge in [-0.05, 0) is 31.6 Å². The van der Waals surface area contributed by atoms with Crippen LogP contribution in [0.5, 0.6) is 0 Å². The van der Waals surface area contributed by atoms with Crippen molar-refractivity contribution in [3.8, 4) is 0 Å². The van der Waals surface area contributed by atoms with E-state index in [1.165, 1.54) is 43.3 Å². The Balaban J connectivity index is 1.72. The average molecular weight is 387 g/mol. The van der Waals surface area contributed by atoms with Gasteiger partial charge in [0.25, 0.3) is 0 Å². The number of hydrogen-bond donors (Lipinski definition) is 2. The molecule has 152 valence electrons. The van der Waals surface area contributed by atoms with Crippen LogP contribution in [0.3, 0.4) is 0 Å². The first-order chi connectivity index (χ1) is 12.7. The van der Waals surface area contributed by atoms with Gasteiger partial charge >= 0.3 is 6.18 Å². The average Bonchev–Trinajstić information content (AvgIpc) is 3.19. The van der Waals surface area contributed by atoms with E-state index < -0.39 is 24.0 Å². The molecule has 3 rings (SSSR count). The minimum absolute atomic E-state index is 0.144. The minimum atomic E-state index is -4.83. The maximum atomic E-state index is 13.6. The smallest absolute Gasteiger partial charge is 0.374 e. The molecule has 2 N–H and O–H groups in total. The zero-order valence-corrected chi connectivity index (χ0v) is 15.9. The van der Waals surface area contributed by atoms with Gasteiger partial charge in [-0.2, -0.15) is 13.2 Å². The van der Waals surface area contributed by atoms with Gasteiger partial charge < -0.3 is 19.9 Å². The predicted molar refractivity (Wildman–Crippen MR) is 96.2 cm³/mol. The van der Waals surface area contributed by atoms with Gasteiger partial charge in [0, 0.05) is 52.0 Å². The molecule has 1 aliphatic heterocycles. The van der Waals surface area contributed by atoms with E-state index in [0.29, 0.717) is 17.9 Å². The van der Waals surface area contributed by atoms with E-state index in [2.05, 4.69) is 20.2 Å². The van der Waals surface area contributed by atoms with Crippen molar-refractivity contribution < 1.29 is 18.3 Å². The second-order valence-corrected chi connectivity index (χ2v) is 7.73. The molecule has 2 heterocycles. The SMILES string of the molecule is CCNC(=NCCC(O)(c1nccn1C)C(F)(F)F)N1CCC2(CCC2)C1. The molecule has 2 fully saturated rings. The van der Waals surface area contributed by atoms with Crippen LogP contribution in [0, 0.1) is 5.41 Å². The van der Waals surface area contributed by atoms with Gasteiger partial charge in [0.1, 0.15) is 5.82 Å². The van der Waals surface area contributed by atoms with Crippen molar-refractivity contribution in [3.63, 3.8) is 0 Å². The van der Waals surface area contributed by atoms with E-state index in [1.54, 1.807) is 0 Å². The van der Waals surface area contributed by atoms with E-state index in [1.807, 2.05) is 6.92 Å². The molecule has 27 heavy (non-hydrogen) atoms. The highest BCUT2D eigenvalue weighted by Gasteiger charge is 2.57. The first-order valence-corrected chi connectivity index (χ1v) is 9.51. The Morgan fingerprint density at radius 1 is 1.37 bits per heavy atom. The van der Waals surface area contributed by atoms with Crippen LogP contribution in [0.25, 0.3) is 0 Å². The molecule has 1 aromatic rings. The third-order valence-electron chi connectivity index (χ3n) is 5.88. The summed E-state index contributed by atoms with van der Waals surface area (Å²) >= 11 is 0. The summed E-state index contributed by atoms with van der Waals surface area (Å²) in [5.41, 5.74) is -2.65. The van der Waals surface area contributed by atoms with Crippen molar-refractivity contribution in [1.29, 1.82) is 0 Å². The van der Waals surface area contributed by atoms with Crippen molar-refractivity contribution >= 4 is 5.96 Å². The predicted octanol–water partition coefficient (Wildman–Crippen LogP) is 2.40.